The fraction of sp³-hybridized carbons (Fsp3) is 0.364. The molecule has 1 N–H and O–H groups in total. The van der Waals surface area contributed by atoms with Crippen LogP contribution in [0.25, 0.3) is 11.1 Å². The summed E-state index contributed by atoms with van der Waals surface area (Å²) in [5.41, 5.74) is 3.01. The van der Waals surface area contributed by atoms with Crippen LogP contribution in [-0.4, -0.2) is 72.1 Å². The number of aryl methyl sites for hydroxylation is 1. The third kappa shape index (κ3) is 4.53. The van der Waals surface area contributed by atoms with E-state index in [-0.39, 0.29) is 63.7 Å². The van der Waals surface area contributed by atoms with Gasteiger partial charge in [-0.1, -0.05) is 6.07 Å². The SMILES string of the molecule is COc1cc2c(c(OC)c1OC)-c1ccc(OC)c(=O)cc1[C@@H](NC(C)=O)CC2.[Ca+2].[H-].[H-]. The van der Waals surface area contributed by atoms with E-state index in [2.05, 4.69) is 5.32 Å². The van der Waals surface area contributed by atoms with Crippen molar-refractivity contribution in [3.63, 3.8) is 0 Å². The van der Waals surface area contributed by atoms with Crippen molar-refractivity contribution in [2.24, 2.45) is 0 Å². The molecular formula is C22H27CaNO6. The second-order valence-electron chi connectivity index (χ2n) is 6.75. The first kappa shape index (κ1) is 24.3. The van der Waals surface area contributed by atoms with E-state index in [4.69, 9.17) is 18.9 Å². The molecule has 0 saturated heterocycles. The van der Waals surface area contributed by atoms with Crippen LogP contribution in [0.5, 0.6) is 23.0 Å². The quantitative estimate of drug-likeness (QED) is 0.719. The molecule has 0 bridgehead atoms. The Balaban J connectivity index is 0.00000320. The molecule has 30 heavy (non-hydrogen) atoms. The van der Waals surface area contributed by atoms with Gasteiger partial charge in [-0.25, -0.2) is 0 Å². The van der Waals surface area contributed by atoms with E-state index in [1.807, 2.05) is 12.1 Å². The third-order valence-corrected chi connectivity index (χ3v) is 5.10. The van der Waals surface area contributed by atoms with Crippen LogP contribution in [0.3, 0.4) is 0 Å². The molecule has 2 aromatic carbocycles. The molecule has 1 amide bonds. The van der Waals surface area contributed by atoms with Gasteiger partial charge in [0.2, 0.25) is 17.1 Å². The monoisotopic (exact) mass is 441 g/mol. The molecule has 158 valence electrons. The summed E-state index contributed by atoms with van der Waals surface area (Å²) < 4.78 is 22.0. The van der Waals surface area contributed by atoms with Crippen LogP contribution in [-0.2, 0) is 11.2 Å². The predicted octanol–water partition coefficient (Wildman–Crippen LogP) is 2.72. The summed E-state index contributed by atoms with van der Waals surface area (Å²) in [6, 6.07) is 6.57. The maximum Gasteiger partial charge on any atom is 2.00 e. The van der Waals surface area contributed by atoms with Gasteiger partial charge in [-0.2, -0.15) is 0 Å². The molecule has 3 rings (SSSR count). The molecular weight excluding hydrogens is 414 g/mol. The number of fused-ring (bicyclic) bond motifs is 3. The van der Waals surface area contributed by atoms with E-state index < -0.39 is 0 Å². The van der Waals surface area contributed by atoms with E-state index in [1.54, 1.807) is 27.4 Å². The number of rotatable bonds is 5. The van der Waals surface area contributed by atoms with E-state index in [1.165, 1.54) is 20.1 Å². The first-order valence-corrected chi connectivity index (χ1v) is 9.26. The maximum absolute atomic E-state index is 12.6. The average molecular weight is 442 g/mol. The van der Waals surface area contributed by atoms with Crippen LogP contribution in [0.2, 0.25) is 0 Å². The normalized spacial score (nSPS) is 14.2. The van der Waals surface area contributed by atoms with Crippen molar-refractivity contribution in [2.45, 2.75) is 25.8 Å². The van der Waals surface area contributed by atoms with Crippen LogP contribution in [0.4, 0.5) is 0 Å². The van der Waals surface area contributed by atoms with Crippen molar-refractivity contribution in [1.29, 1.82) is 0 Å². The Kier molecular flexibility index (Phi) is 8.41. The number of amides is 1. The largest absolute Gasteiger partial charge is 2.00 e. The molecule has 0 heterocycles. The van der Waals surface area contributed by atoms with Gasteiger partial charge in [0.05, 0.1) is 34.5 Å². The Bertz CT molecular complexity index is 1020. The van der Waals surface area contributed by atoms with Crippen LogP contribution >= 0.6 is 0 Å². The number of nitrogens with one attached hydrogen (secondary N) is 1. The smallest absolute Gasteiger partial charge is 1.00 e. The minimum absolute atomic E-state index is 0. The van der Waals surface area contributed by atoms with E-state index in [9.17, 15) is 9.59 Å². The second-order valence-corrected chi connectivity index (χ2v) is 6.75. The summed E-state index contributed by atoms with van der Waals surface area (Å²) in [6.07, 6.45) is 1.27. The van der Waals surface area contributed by atoms with Crippen LogP contribution < -0.4 is 29.7 Å². The van der Waals surface area contributed by atoms with Gasteiger partial charge in [0, 0.05) is 12.5 Å². The van der Waals surface area contributed by atoms with Crippen molar-refractivity contribution in [2.75, 3.05) is 28.4 Å². The second kappa shape index (κ2) is 10.4. The molecule has 0 unspecified atom stereocenters. The zero-order chi connectivity index (χ0) is 21.1. The summed E-state index contributed by atoms with van der Waals surface area (Å²) in [6.45, 7) is 1.46. The Labute approximate surface area is 208 Å². The van der Waals surface area contributed by atoms with Gasteiger partial charge in [0.1, 0.15) is 0 Å². The van der Waals surface area contributed by atoms with E-state index >= 15 is 0 Å². The number of methoxy groups -OCH3 is 4. The molecule has 7 nitrogen and oxygen atoms in total. The molecule has 1 atom stereocenters. The number of ether oxygens (including phenoxy) is 4. The van der Waals surface area contributed by atoms with Gasteiger partial charge in [-0.05, 0) is 47.7 Å². The van der Waals surface area contributed by atoms with Gasteiger partial charge in [-0.15, -0.1) is 0 Å². The zero-order valence-electron chi connectivity index (χ0n) is 20.0. The van der Waals surface area contributed by atoms with Gasteiger partial charge >= 0.3 is 37.7 Å². The first-order chi connectivity index (χ1) is 13.9. The summed E-state index contributed by atoms with van der Waals surface area (Å²) in [5.74, 6) is 1.60. The average Bonchev–Trinajstić information content (AvgIpc) is 2.95. The van der Waals surface area contributed by atoms with E-state index in [0.29, 0.717) is 35.7 Å². The fourth-order valence-corrected chi connectivity index (χ4v) is 3.86. The number of carbonyl (C=O) groups excluding carboxylic acids is 1. The first-order valence-electron chi connectivity index (χ1n) is 9.26. The molecule has 0 saturated carbocycles. The topological polar surface area (TPSA) is 83.1 Å². The molecule has 1 aliphatic rings. The summed E-state index contributed by atoms with van der Waals surface area (Å²) in [7, 11) is 6.14. The fourth-order valence-electron chi connectivity index (χ4n) is 3.86. The standard InChI is InChI=1S/C22H25NO6.Ca.2H/c1-12(24)23-16-8-6-13-10-19(27-3)21(28-4)22(29-5)20(13)14-7-9-18(26-2)17(25)11-15(14)16;;;/h7,9-11,16H,6,8H2,1-5H3,(H,23,24);;;/q;+2;2*-1/t16-;;;/m0.../s1. The molecule has 1 aliphatic carbocycles. The molecule has 2 aromatic rings. The van der Waals surface area contributed by atoms with Gasteiger partial charge in [0.25, 0.3) is 0 Å². The Morgan fingerprint density at radius 1 is 1.00 bits per heavy atom. The van der Waals surface area contributed by atoms with Gasteiger partial charge < -0.3 is 27.1 Å². The Morgan fingerprint density at radius 2 is 1.67 bits per heavy atom. The Morgan fingerprint density at radius 3 is 2.23 bits per heavy atom. The van der Waals surface area contributed by atoms with Gasteiger partial charge in [0.15, 0.2) is 17.2 Å². The van der Waals surface area contributed by atoms with Crippen LogP contribution in [0, 0.1) is 0 Å². The molecule has 0 aliphatic heterocycles. The minimum atomic E-state index is -0.332. The third-order valence-electron chi connectivity index (χ3n) is 5.10. The summed E-state index contributed by atoms with van der Waals surface area (Å²) in [5, 5.41) is 2.96. The molecule has 0 aromatic heterocycles. The van der Waals surface area contributed by atoms with Crippen molar-refractivity contribution < 1.29 is 26.6 Å². The number of benzene rings is 1. The van der Waals surface area contributed by atoms with Crippen molar-refractivity contribution in [3.05, 3.63) is 45.6 Å². The summed E-state index contributed by atoms with van der Waals surface area (Å²) >= 11 is 0. The molecule has 0 fully saturated rings. The maximum atomic E-state index is 12.6. The molecule has 0 spiro atoms. The van der Waals surface area contributed by atoms with Crippen LogP contribution in [0.15, 0.2) is 29.1 Å². The number of hydrogen-bond donors (Lipinski definition) is 1. The number of carbonyl (C=O) groups is 1. The minimum Gasteiger partial charge on any atom is -1.00 e. The zero-order valence-corrected chi connectivity index (χ0v) is 20.2. The van der Waals surface area contributed by atoms with Crippen molar-refractivity contribution in [3.8, 4) is 34.1 Å². The Hall–Kier alpha value is -1.96. The van der Waals surface area contributed by atoms with Crippen LogP contribution in [0.1, 0.15) is 33.4 Å². The number of hydrogen-bond acceptors (Lipinski definition) is 6. The molecule has 0 radical (unpaired) electrons. The van der Waals surface area contributed by atoms with Gasteiger partial charge in [-0.3, -0.25) is 9.59 Å². The van der Waals surface area contributed by atoms with Crippen molar-refractivity contribution in [1.82, 2.24) is 5.32 Å². The molecule has 8 heteroatoms. The predicted molar refractivity (Wildman–Crippen MR) is 117 cm³/mol. The summed E-state index contributed by atoms with van der Waals surface area (Å²) in [4.78, 5) is 24.5. The van der Waals surface area contributed by atoms with Crippen molar-refractivity contribution >= 4 is 43.6 Å². The van der Waals surface area contributed by atoms with E-state index in [0.717, 1.165) is 16.7 Å².